The van der Waals surface area contributed by atoms with Gasteiger partial charge in [0.2, 0.25) is 17.8 Å². The third kappa shape index (κ3) is 5.21. The summed E-state index contributed by atoms with van der Waals surface area (Å²) in [5, 5.41) is 37.3. The molecule has 30 heavy (non-hydrogen) atoms. The van der Waals surface area contributed by atoms with E-state index in [4.69, 9.17) is 10.2 Å². The number of nitrogens with zero attached hydrogens (tertiary/aromatic N) is 3. The fourth-order valence-electron chi connectivity index (χ4n) is 2.60. The molecule has 3 rings (SSSR count). The molecule has 0 spiro atoms. The van der Waals surface area contributed by atoms with Crippen molar-refractivity contribution in [3.8, 4) is 5.75 Å². The average Bonchev–Trinajstić information content (AvgIpc) is 2.69. The van der Waals surface area contributed by atoms with Crippen molar-refractivity contribution in [2.75, 3.05) is 42.3 Å². The van der Waals surface area contributed by atoms with E-state index in [2.05, 4.69) is 30.9 Å². The Morgan fingerprint density at radius 3 is 2.03 bits per heavy atom. The number of nitrogens with one attached hydrogen (secondary N) is 3. The summed E-state index contributed by atoms with van der Waals surface area (Å²) in [5.74, 6) is 0.223. The predicted molar refractivity (Wildman–Crippen MR) is 110 cm³/mol. The molecule has 7 N–H and O–H groups in total. The number of hydrogen-bond donors (Lipinski definition) is 7. The molecule has 2 aromatic carbocycles. The number of benzene rings is 2. The Balaban J connectivity index is 1.96. The van der Waals surface area contributed by atoms with Crippen molar-refractivity contribution in [3.05, 3.63) is 30.3 Å². The van der Waals surface area contributed by atoms with Gasteiger partial charge < -0.3 is 31.3 Å². The number of hydrogen-bond acceptors (Lipinski definition) is 11. The molecule has 0 amide bonds. The van der Waals surface area contributed by atoms with Crippen LogP contribution in [-0.2, 0) is 10.1 Å². The molecule has 1 aromatic heterocycles. The minimum absolute atomic E-state index is 0.127. The molecule has 0 atom stereocenters. The van der Waals surface area contributed by atoms with Crippen LogP contribution in [0.25, 0.3) is 10.8 Å². The third-order valence-electron chi connectivity index (χ3n) is 3.88. The van der Waals surface area contributed by atoms with Gasteiger partial charge in [-0.25, -0.2) is 0 Å². The molecule has 0 fully saturated rings. The number of rotatable bonds is 9. The summed E-state index contributed by atoms with van der Waals surface area (Å²) >= 11 is 0. The summed E-state index contributed by atoms with van der Waals surface area (Å²) in [7, 11) is -4.49. The zero-order chi connectivity index (χ0) is 21.7. The number of phenolic OH excluding ortho intramolecular Hbond substituents is 1. The molecule has 0 radical (unpaired) electrons. The van der Waals surface area contributed by atoms with Gasteiger partial charge in [0, 0.05) is 30.2 Å². The second-order valence-electron chi connectivity index (χ2n) is 6.09. The van der Waals surface area contributed by atoms with Gasteiger partial charge in [0.05, 0.1) is 18.1 Å². The van der Waals surface area contributed by atoms with E-state index in [0.717, 1.165) is 6.07 Å². The number of phenols is 1. The minimum atomic E-state index is -4.49. The lowest BCUT2D eigenvalue weighted by atomic mass is 10.1. The number of anilines is 4. The maximum Gasteiger partial charge on any atom is 0.294 e. The molecular weight excluding hydrogens is 416 g/mol. The second-order valence-corrected chi connectivity index (χ2v) is 7.51. The van der Waals surface area contributed by atoms with Crippen LogP contribution in [0.1, 0.15) is 0 Å². The Bertz CT molecular complexity index is 1130. The molecule has 0 saturated heterocycles. The number of aliphatic hydroxyl groups is 2. The van der Waals surface area contributed by atoms with E-state index in [-0.39, 0.29) is 49.9 Å². The van der Waals surface area contributed by atoms with E-state index in [9.17, 15) is 18.1 Å². The van der Waals surface area contributed by atoms with Crippen LogP contribution >= 0.6 is 0 Å². The van der Waals surface area contributed by atoms with E-state index in [0.29, 0.717) is 16.5 Å². The van der Waals surface area contributed by atoms with Crippen molar-refractivity contribution in [2.45, 2.75) is 4.90 Å². The summed E-state index contributed by atoms with van der Waals surface area (Å²) < 4.78 is 32.1. The number of aromatic hydroxyl groups is 1. The Kier molecular flexibility index (Phi) is 6.47. The van der Waals surface area contributed by atoms with Gasteiger partial charge in [-0.2, -0.15) is 23.4 Å². The molecule has 13 heteroatoms. The van der Waals surface area contributed by atoms with Crippen molar-refractivity contribution < 1.29 is 28.3 Å². The Hall–Kier alpha value is -3.26. The summed E-state index contributed by atoms with van der Waals surface area (Å²) in [5.41, 5.74) is 0.474. The molecule has 0 aliphatic heterocycles. The quantitative estimate of drug-likeness (QED) is 0.231. The fourth-order valence-corrected chi connectivity index (χ4v) is 3.14. The first-order valence-electron chi connectivity index (χ1n) is 8.77. The molecule has 0 aliphatic carbocycles. The van der Waals surface area contributed by atoms with Gasteiger partial charge in [-0.15, -0.1) is 0 Å². The van der Waals surface area contributed by atoms with Crippen LogP contribution in [0.3, 0.4) is 0 Å². The van der Waals surface area contributed by atoms with Gasteiger partial charge in [0.1, 0.15) is 5.75 Å². The lowest BCUT2D eigenvalue weighted by molar-refractivity contribution is 0.310. The van der Waals surface area contributed by atoms with Gasteiger partial charge in [0.25, 0.3) is 10.1 Å². The van der Waals surface area contributed by atoms with E-state index in [1.165, 1.54) is 6.07 Å². The maximum absolute atomic E-state index is 11.4. The molecule has 0 unspecified atom stereocenters. The summed E-state index contributed by atoms with van der Waals surface area (Å²) in [6.45, 7) is 0.184. The highest BCUT2D eigenvalue weighted by atomic mass is 32.2. The maximum atomic E-state index is 11.4. The topological polar surface area (TPSA) is 190 Å². The van der Waals surface area contributed by atoms with Crippen molar-refractivity contribution in [3.63, 3.8) is 0 Å². The molecular formula is C17H20N6O6S. The van der Waals surface area contributed by atoms with Crippen LogP contribution in [0.15, 0.2) is 35.2 Å². The fraction of sp³-hybridized carbons (Fsp3) is 0.235. The van der Waals surface area contributed by atoms with Crippen molar-refractivity contribution >= 4 is 44.4 Å². The molecule has 160 valence electrons. The van der Waals surface area contributed by atoms with Crippen LogP contribution in [0, 0.1) is 0 Å². The van der Waals surface area contributed by atoms with Crippen LogP contribution < -0.4 is 16.0 Å². The smallest absolute Gasteiger partial charge is 0.294 e. The van der Waals surface area contributed by atoms with E-state index >= 15 is 0 Å². The standard InChI is InChI=1S/C17H20N6O6S/c24-5-3-18-15-21-16(19-4-6-25)23-17(22-15)20-11-1-2-13-10(7-11)8-12(9-14(13)26)30(27,28)29/h1-2,7-9,24-26H,3-6H2,(H,27,28,29)(H3,18,19,20,21,22,23). The first-order chi connectivity index (χ1) is 14.3. The second kappa shape index (κ2) is 9.04. The highest BCUT2D eigenvalue weighted by Crippen LogP contribution is 2.31. The van der Waals surface area contributed by atoms with Crippen LogP contribution in [0.4, 0.5) is 23.5 Å². The predicted octanol–water partition coefficient (Wildman–Crippen LogP) is 0.529. The third-order valence-corrected chi connectivity index (χ3v) is 4.71. The van der Waals surface area contributed by atoms with Gasteiger partial charge in [-0.05, 0) is 29.7 Å². The molecule has 12 nitrogen and oxygen atoms in total. The van der Waals surface area contributed by atoms with Crippen molar-refractivity contribution in [1.82, 2.24) is 15.0 Å². The zero-order valence-electron chi connectivity index (χ0n) is 15.6. The van der Waals surface area contributed by atoms with Crippen LogP contribution in [0.5, 0.6) is 5.75 Å². The average molecular weight is 436 g/mol. The first-order valence-corrected chi connectivity index (χ1v) is 10.2. The van der Waals surface area contributed by atoms with Gasteiger partial charge in [-0.1, -0.05) is 0 Å². The Labute approximate surface area is 171 Å². The molecule has 0 aliphatic rings. The monoisotopic (exact) mass is 436 g/mol. The van der Waals surface area contributed by atoms with Gasteiger partial charge in [0.15, 0.2) is 0 Å². The van der Waals surface area contributed by atoms with Crippen LogP contribution in [0.2, 0.25) is 0 Å². The summed E-state index contributed by atoms with van der Waals surface area (Å²) in [4.78, 5) is 12.1. The highest BCUT2D eigenvalue weighted by molar-refractivity contribution is 7.85. The molecule has 0 bridgehead atoms. The Morgan fingerprint density at radius 1 is 0.867 bits per heavy atom. The SMILES string of the molecule is O=S(=O)(O)c1cc(O)c2ccc(Nc3nc(NCCO)nc(NCCO)n3)cc2c1. The van der Waals surface area contributed by atoms with Crippen LogP contribution in [-0.4, -0.2) is 69.5 Å². The number of aliphatic hydroxyl groups excluding tert-OH is 2. The number of aromatic nitrogens is 3. The molecule has 1 heterocycles. The van der Waals surface area contributed by atoms with Gasteiger partial charge in [-0.3, -0.25) is 4.55 Å². The van der Waals surface area contributed by atoms with Crippen molar-refractivity contribution in [1.29, 1.82) is 0 Å². The van der Waals surface area contributed by atoms with E-state index in [1.54, 1.807) is 18.2 Å². The van der Waals surface area contributed by atoms with Gasteiger partial charge >= 0.3 is 0 Å². The normalized spacial score (nSPS) is 11.4. The first kappa shape index (κ1) is 21.4. The molecule has 0 saturated carbocycles. The van der Waals surface area contributed by atoms with Crippen molar-refractivity contribution in [2.24, 2.45) is 0 Å². The summed E-state index contributed by atoms with van der Waals surface area (Å²) in [6, 6.07) is 6.94. The molecule has 3 aromatic rings. The lowest BCUT2D eigenvalue weighted by Crippen LogP contribution is -2.14. The lowest BCUT2D eigenvalue weighted by Gasteiger charge is -2.11. The summed E-state index contributed by atoms with van der Waals surface area (Å²) in [6.07, 6.45) is 0. The Morgan fingerprint density at radius 2 is 1.47 bits per heavy atom. The minimum Gasteiger partial charge on any atom is -0.507 e. The number of fused-ring (bicyclic) bond motifs is 1. The largest absolute Gasteiger partial charge is 0.507 e. The highest BCUT2D eigenvalue weighted by Gasteiger charge is 2.14. The van der Waals surface area contributed by atoms with E-state index in [1.807, 2.05) is 0 Å². The van der Waals surface area contributed by atoms with E-state index < -0.39 is 15.0 Å². The zero-order valence-corrected chi connectivity index (χ0v) is 16.4.